The van der Waals surface area contributed by atoms with Gasteiger partial charge < -0.3 is 5.11 Å². The van der Waals surface area contributed by atoms with Gasteiger partial charge >= 0.3 is 5.97 Å². The summed E-state index contributed by atoms with van der Waals surface area (Å²) in [5, 5.41) is 8.66. The van der Waals surface area contributed by atoms with Crippen molar-refractivity contribution < 1.29 is 19.1 Å². The summed E-state index contributed by atoms with van der Waals surface area (Å²) in [5.41, 5.74) is 0.442. The predicted molar refractivity (Wildman–Crippen MR) is 60.5 cm³/mol. The molecule has 0 aromatic heterocycles. The Balaban J connectivity index is 3.17. The fourth-order valence-corrected chi connectivity index (χ4v) is 1.56. The van der Waals surface area contributed by atoms with Crippen LogP contribution in [0.25, 0.3) is 0 Å². The SMILES string of the molecule is CC(Br)C(=O)c1cc(F)ccc1CC(=O)O. The maximum absolute atomic E-state index is 13.0. The highest BCUT2D eigenvalue weighted by molar-refractivity contribution is 9.10. The highest BCUT2D eigenvalue weighted by Gasteiger charge is 2.18. The summed E-state index contributed by atoms with van der Waals surface area (Å²) < 4.78 is 13.0. The molecular formula is C11H10BrFO3. The van der Waals surface area contributed by atoms with Crippen LogP contribution < -0.4 is 0 Å². The van der Waals surface area contributed by atoms with Crippen LogP contribution in [0, 0.1) is 5.82 Å². The molecule has 5 heteroatoms. The first-order valence-corrected chi connectivity index (χ1v) is 5.52. The molecule has 0 spiro atoms. The van der Waals surface area contributed by atoms with E-state index in [1.807, 2.05) is 0 Å². The quantitative estimate of drug-likeness (QED) is 0.684. The van der Waals surface area contributed by atoms with Gasteiger partial charge in [0.2, 0.25) is 0 Å². The van der Waals surface area contributed by atoms with Crippen LogP contribution >= 0.6 is 15.9 Å². The molecule has 0 bridgehead atoms. The Morgan fingerprint density at radius 3 is 2.62 bits per heavy atom. The minimum atomic E-state index is -1.05. The second-order valence-corrected chi connectivity index (χ2v) is 4.73. The second kappa shape index (κ2) is 5.21. The molecule has 0 heterocycles. The zero-order valence-electron chi connectivity index (χ0n) is 8.54. The van der Waals surface area contributed by atoms with Crippen molar-refractivity contribution >= 4 is 27.7 Å². The number of carboxylic acids is 1. The number of benzene rings is 1. The summed E-state index contributed by atoms with van der Waals surface area (Å²) in [6, 6.07) is 3.54. The molecule has 0 aliphatic carbocycles. The molecule has 1 N–H and O–H groups in total. The maximum Gasteiger partial charge on any atom is 0.307 e. The van der Waals surface area contributed by atoms with Crippen molar-refractivity contribution in [2.24, 2.45) is 0 Å². The van der Waals surface area contributed by atoms with E-state index < -0.39 is 16.6 Å². The smallest absolute Gasteiger partial charge is 0.307 e. The molecule has 86 valence electrons. The van der Waals surface area contributed by atoms with Crippen molar-refractivity contribution in [1.29, 1.82) is 0 Å². The Morgan fingerprint density at radius 1 is 1.50 bits per heavy atom. The first-order valence-electron chi connectivity index (χ1n) is 4.60. The molecule has 0 radical (unpaired) electrons. The molecule has 0 amide bonds. The largest absolute Gasteiger partial charge is 0.481 e. The number of carboxylic acid groups (broad SMARTS) is 1. The van der Waals surface area contributed by atoms with Gasteiger partial charge in [0.15, 0.2) is 5.78 Å². The maximum atomic E-state index is 13.0. The standard InChI is InChI=1S/C11H10BrFO3/c1-6(12)11(16)9-5-8(13)3-2-7(9)4-10(14)15/h2-3,5-6H,4H2,1H3,(H,14,15). The van der Waals surface area contributed by atoms with Gasteiger partial charge in [-0.25, -0.2) is 4.39 Å². The lowest BCUT2D eigenvalue weighted by atomic mass is 9.99. The van der Waals surface area contributed by atoms with Gasteiger partial charge in [0.1, 0.15) is 5.82 Å². The van der Waals surface area contributed by atoms with Gasteiger partial charge in [-0.15, -0.1) is 0 Å². The minimum absolute atomic E-state index is 0.117. The van der Waals surface area contributed by atoms with Crippen LogP contribution in [0.1, 0.15) is 22.8 Å². The average Bonchev–Trinajstić information content (AvgIpc) is 2.18. The summed E-state index contributed by atoms with van der Waals surface area (Å²) in [6.07, 6.45) is -0.291. The zero-order chi connectivity index (χ0) is 12.3. The summed E-state index contributed by atoms with van der Waals surface area (Å²) in [7, 11) is 0. The normalized spacial score (nSPS) is 12.2. The first-order chi connectivity index (χ1) is 7.41. The number of rotatable bonds is 4. The molecule has 0 aliphatic heterocycles. The lowest BCUT2D eigenvalue weighted by Crippen LogP contribution is -2.15. The van der Waals surface area contributed by atoms with Gasteiger partial charge in [0.25, 0.3) is 0 Å². The van der Waals surface area contributed by atoms with Crippen LogP contribution in [0.15, 0.2) is 18.2 Å². The van der Waals surface area contributed by atoms with Crippen molar-refractivity contribution in [3.8, 4) is 0 Å². The average molecular weight is 289 g/mol. The number of ketones is 1. The van der Waals surface area contributed by atoms with E-state index in [0.29, 0.717) is 5.56 Å². The van der Waals surface area contributed by atoms with Gasteiger partial charge in [-0.2, -0.15) is 0 Å². The van der Waals surface area contributed by atoms with Crippen molar-refractivity contribution in [2.45, 2.75) is 18.2 Å². The number of carbonyl (C=O) groups excluding carboxylic acids is 1. The molecule has 3 nitrogen and oxygen atoms in total. The molecule has 16 heavy (non-hydrogen) atoms. The molecule has 1 unspecified atom stereocenters. The van der Waals surface area contributed by atoms with Crippen molar-refractivity contribution in [3.05, 3.63) is 35.1 Å². The Kier molecular flexibility index (Phi) is 4.18. The van der Waals surface area contributed by atoms with Crippen LogP contribution in [0.4, 0.5) is 4.39 Å². The number of hydrogen-bond acceptors (Lipinski definition) is 2. The Labute approximate surface area is 100 Å². The van der Waals surface area contributed by atoms with Crippen LogP contribution in [0.5, 0.6) is 0 Å². The fourth-order valence-electron chi connectivity index (χ4n) is 1.31. The summed E-state index contributed by atoms with van der Waals surface area (Å²) in [4.78, 5) is 21.8. The number of Topliss-reactive ketones (excluding diaryl/α,β-unsaturated/α-hetero) is 1. The van der Waals surface area contributed by atoms with Gasteiger partial charge in [-0.05, 0) is 24.6 Å². The molecule has 1 aromatic carbocycles. The molecule has 1 atom stereocenters. The third-order valence-corrected chi connectivity index (χ3v) is 2.46. The van der Waals surface area contributed by atoms with E-state index in [1.54, 1.807) is 6.92 Å². The predicted octanol–water partition coefficient (Wildman–Crippen LogP) is 2.42. The Bertz CT molecular complexity index is 429. The molecule has 1 rings (SSSR count). The van der Waals surface area contributed by atoms with Crippen LogP contribution in [0.3, 0.4) is 0 Å². The zero-order valence-corrected chi connectivity index (χ0v) is 10.1. The minimum Gasteiger partial charge on any atom is -0.481 e. The highest BCUT2D eigenvalue weighted by Crippen LogP contribution is 2.17. The molecular weight excluding hydrogens is 279 g/mol. The van der Waals surface area contributed by atoms with Crippen molar-refractivity contribution in [1.82, 2.24) is 0 Å². The fraction of sp³-hybridized carbons (Fsp3) is 0.273. The van der Waals surface area contributed by atoms with E-state index in [2.05, 4.69) is 15.9 Å². The topological polar surface area (TPSA) is 54.4 Å². The van der Waals surface area contributed by atoms with Crippen molar-refractivity contribution in [3.63, 3.8) is 0 Å². The molecule has 0 aliphatic rings. The third-order valence-electron chi connectivity index (χ3n) is 2.04. The summed E-state index contributed by atoms with van der Waals surface area (Å²) in [6.45, 7) is 1.61. The van der Waals surface area contributed by atoms with Crippen molar-refractivity contribution in [2.75, 3.05) is 0 Å². The Morgan fingerprint density at radius 2 is 2.12 bits per heavy atom. The molecule has 0 saturated heterocycles. The van der Waals surface area contributed by atoms with E-state index >= 15 is 0 Å². The molecule has 0 saturated carbocycles. The van der Waals surface area contributed by atoms with E-state index in [-0.39, 0.29) is 17.8 Å². The number of alkyl halides is 1. The lowest BCUT2D eigenvalue weighted by molar-refractivity contribution is -0.136. The lowest BCUT2D eigenvalue weighted by Gasteiger charge is -2.08. The van der Waals surface area contributed by atoms with Crippen LogP contribution in [-0.4, -0.2) is 21.7 Å². The van der Waals surface area contributed by atoms with Crippen LogP contribution in [-0.2, 0) is 11.2 Å². The third kappa shape index (κ3) is 3.13. The summed E-state index contributed by atoms with van der Waals surface area (Å²) in [5.74, 6) is -1.93. The number of carbonyl (C=O) groups is 2. The number of halogens is 2. The molecule has 1 aromatic rings. The van der Waals surface area contributed by atoms with E-state index in [1.165, 1.54) is 6.07 Å². The van der Waals surface area contributed by atoms with E-state index in [0.717, 1.165) is 12.1 Å². The van der Waals surface area contributed by atoms with Gasteiger partial charge in [0, 0.05) is 5.56 Å². The van der Waals surface area contributed by atoms with Gasteiger partial charge in [-0.1, -0.05) is 22.0 Å². The van der Waals surface area contributed by atoms with E-state index in [9.17, 15) is 14.0 Å². The first kappa shape index (κ1) is 12.8. The van der Waals surface area contributed by atoms with Crippen LogP contribution in [0.2, 0.25) is 0 Å². The van der Waals surface area contributed by atoms with E-state index in [4.69, 9.17) is 5.11 Å². The van der Waals surface area contributed by atoms with Gasteiger partial charge in [0.05, 0.1) is 11.2 Å². The second-order valence-electron chi connectivity index (χ2n) is 3.35. The highest BCUT2D eigenvalue weighted by atomic mass is 79.9. The number of aliphatic carboxylic acids is 1. The number of hydrogen-bond donors (Lipinski definition) is 1. The Hall–Kier alpha value is -1.23. The monoisotopic (exact) mass is 288 g/mol. The molecule has 0 fully saturated rings. The summed E-state index contributed by atoms with van der Waals surface area (Å²) >= 11 is 3.08. The van der Waals surface area contributed by atoms with Gasteiger partial charge in [-0.3, -0.25) is 9.59 Å².